The molecular formula is C31H26N4O2S. The van der Waals surface area contributed by atoms with Crippen molar-refractivity contribution in [2.45, 2.75) is 24.3 Å². The number of sulfonamides is 1. The molecule has 0 radical (unpaired) electrons. The number of aryl methyl sites for hydroxylation is 1. The van der Waals surface area contributed by atoms with Crippen LogP contribution in [-0.4, -0.2) is 34.2 Å². The number of imidazole rings is 1. The molecule has 1 atom stereocenters. The molecule has 4 aromatic carbocycles. The quantitative estimate of drug-likeness (QED) is 0.285. The molecule has 0 saturated heterocycles. The number of H-pyrrole nitrogens is 2. The van der Waals surface area contributed by atoms with Crippen LogP contribution in [0.3, 0.4) is 0 Å². The van der Waals surface area contributed by atoms with Crippen molar-refractivity contribution >= 4 is 32.0 Å². The number of benzene rings is 4. The van der Waals surface area contributed by atoms with E-state index in [9.17, 15) is 8.42 Å². The molecule has 0 spiro atoms. The van der Waals surface area contributed by atoms with Crippen LogP contribution >= 0.6 is 0 Å². The van der Waals surface area contributed by atoms with Crippen LogP contribution < -0.4 is 0 Å². The number of para-hydroxylation sites is 3. The summed E-state index contributed by atoms with van der Waals surface area (Å²) in [5.74, 6) is 0.789. The molecule has 2 N–H and O–H groups in total. The summed E-state index contributed by atoms with van der Waals surface area (Å²) in [7, 11) is -3.74. The first-order chi connectivity index (χ1) is 18.5. The van der Waals surface area contributed by atoms with Gasteiger partial charge in [-0.15, -0.1) is 0 Å². The van der Waals surface area contributed by atoms with E-state index in [1.165, 1.54) is 5.56 Å². The van der Waals surface area contributed by atoms with Crippen LogP contribution in [0.1, 0.15) is 28.4 Å². The number of fused-ring (bicyclic) bond motifs is 4. The second-order valence-electron chi connectivity index (χ2n) is 9.87. The highest BCUT2D eigenvalue weighted by molar-refractivity contribution is 7.89. The van der Waals surface area contributed by atoms with Crippen molar-refractivity contribution in [2.75, 3.05) is 6.54 Å². The van der Waals surface area contributed by atoms with Gasteiger partial charge in [0.05, 0.1) is 22.0 Å². The second kappa shape index (κ2) is 8.68. The summed E-state index contributed by atoms with van der Waals surface area (Å²) >= 11 is 0. The van der Waals surface area contributed by atoms with Crippen molar-refractivity contribution in [1.82, 2.24) is 19.3 Å². The standard InChI is InChI=1S/C31H26N4O2S/c1-20-10-16-23(17-11-20)38(36,37)35-19-18-25-24-6-2-3-7-26(24)32-29(25)30(35)21-12-14-22(15-13-21)31-33-27-8-4-5-9-28(27)34-31/h2-17,30,32H,18-19H2,1H3,(H,33,34). The number of aromatic nitrogens is 3. The van der Waals surface area contributed by atoms with E-state index < -0.39 is 16.1 Å². The van der Waals surface area contributed by atoms with Crippen LogP contribution in [0, 0.1) is 6.92 Å². The van der Waals surface area contributed by atoms with Crippen molar-refractivity contribution in [2.24, 2.45) is 0 Å². The van der Waals surface area contributed by atoms with E-state index in [2.05, 4.69) is 16.0 Å². The zero-order valence-corrected chi connectivity index (χ0v) is 21.7. The smallest absolute Gasteiger partial charge is 0.244 e. The average Bonchev–Trinajstić information content (AvgIpc) is 3.55. The Hall–Kier alpha value is -4.20. The highest BCUT2D eigenvalue weighted by Gasteiger charge is 2.39. The Kier molecular flexibility index (Phi) is 5.25. The van der Waals surface area contributed by atoms with Crippen molar-refractivity contribution in [1.29, 1.82) is 0 Å². The summed E-state index contributed by atoms with van der Waals surface area (Å²) in [5, 5.41) is 1.15. The minimum atomic E-state index is -3.74. The van der Waals surface area contributed by atoms with Gasteiger partial charge in [-0.3, -0.25) is 0 Å². The Balaban J connectivity index is 1.35. The predicted molar refractivity (Wildman–Crippen MR) is 150 cm³/mol. The van der Waals surface area contributed by atoms with Crippen LogP contribution in [-0.2, 0) is 16.4 Å². The molecule has 3 heterocycles. The van der Waals surface area contributed by atoms with E-state index in [4.69, 9.17) is 4.98 Å². The molecule has 6 nitrogen and oxygen atoms in total. The van der Waals surface area contributed by atoms with Crippen LogP contribution in [0.15, 0.2) is 102 Å². The molecule has 1 unspecified atom stereocenters. The third-order valence-electron chi connectivity index (χ3n) is 7.51. The molecule has 1 aliphatic heterocycles. The van der Waals surface area contributed by atoms with Crippen LogP contribution in [0.4, 0.5) is 0 Å². The summed E-state index contributed by atoms with van der Waals surface area (Å²) in [4.78, 5) is 12.0. The number of nitrogens with zero attached hydrogens (tertiary/aromatic N) is 2. The van der Waals surface area contributed by atoms with E-state index in [0.717, 1.165) is 50.1 Å². The Bertz CT molecular complexity index is 1870. The fourth-order valence-electron chi connectivity index (χ4n) is 5.57. The third-order valence-corrected chi connectivity index (χ3v) is 9.39. The Morgan fingerprint density at radius 2 is 1.53 bits per heavy atom. The molecule has 38 heavy (non-hydrogen) atoms. The molecular weight excluding hydrogens is 492 g/mol. The molecule has 0 saturated carbocycles. The maximum Gasteiger partial charge on any atom is 0.244 e. The van der Waals surface area contributed by atoms with E-state index in [1.807, 2.05) is 85.8 Å². The van der Waals surface area contributed by atoms with Gasteiger partial charge in [-0.2, -0.15) is 4.31 Å². The van der Waals surface area contributed by atoms with Crippen molar-refractivity contribution in [3.63, 3.8) is 0 Å². The fraction of sp³-hybridized carbons (Fsp3) is 0.129. The highest BCUT2D eigenvalue weighted by Crippen LogP contribution is 2.41. The van der Waals surface area contributed by atoms with Crippen molar-refractivity contribution in [3.05, 3.63) is 119 Å². The largest absolute Gasteiger partial charge is 0.357 e. The monoisotopic (exact) mass is 518 g/mol. The zero-order chi connectivity index (χ0) is 25.9. The maximum atomic E-state index is 14.0. The first kappa shape index (κ1) is 23.0. The summed E-state index contributed by atoms with van der Waals surface area (Å²) in [6.45, 7) is 2.36. The Morgan fingerprint density at radius 3 is 2.29 bits per heavy atom. The van der Waals surface area contributed by atoms with Gasteiger partial charge in [0.2, 0.25) is 10.0 Å². The van der Waals surface area contributed by atoms with Gasteiger partial charge >= 0.3 is 0 Å². The average molecular weight is 519 g/mol. The van der Waals surface area contributed by atoms with Crippen LogP contribution in [0.2, 0.25) is 0 Å². The van der Waals surface area contributed by atoms with Crippen LogP contribution in [0.25, 0.3) is 33.3 Å². The number of hydrogen-bond acceptors (Lipinski definition) is 3. The van der Waals surface area contributed by atoms with Gasteiger partial charge in [0, 0.05) is 28.7 Å². The van der Waals surface area contributed by atoms with Gasteiger partial charge in [0.15, 0.2) is 0 Å². The van der Waals surface area contributed by atoms with Gasteiger partial charge in [-0.25, -0.2) is 13.4 Å². The second-order valence-corrected chi connectivity index (χ2v) is 11.8. The number of hydrogen-bond donors (Lipinski definition) is 2. The van der Waals surface area contributed by atoms with Gasteiger partial charge < -0.3 is 9.97 Å². The summed E-state index contributed by atoms with van der Waals surface area (Å²) < 4.78 is 29.6. The summed E-state index contributed by atoms with van der Waals surface area (Å²) in [5.41, 5.74) is 7.92. The highest BCUT2D eigenvalue weighted by atomic mass is 32.2. The molecule has 1 aliphatic rings. The predicted octanol–water partition coefficient (Wildman–Crippen LogP) is 6.36. The fourth-order valence-corrected chi connectivity index (χ4v) is 7.16. The van der Waals surface area contributed by atoms with Crippen molar-refractivity contribution in [3.8, 4) is 11.4 Å². The van der Waals surface area contributed by atoms with Gasteiger partial charge in [-0.1, -0.05) is 72.3 Å². The molecule has 0 amide bonds. The molecule has 7 rings (SSSR count). The lowest BCUT2D eigenvalue weighted by atomic mass is 9.94. The lowest BCUT2D eigenvalue weighted by Gasteiger charge is -2.35. The first-order valence-electron chi connectivity index (χ1n) is 12.7. The van der Waals surface area contributed by atoms with Gasteiger partial charge in [-0.05, 0) is 54.8 Å². The zero-order valence-electron chi connectivity index (χ0n) is 20.8. The lowest BCUT2D eigenvalue weighted by Crippen LogP contribution is -2.40. The normalized spacial score (nSPS) is 16.2. The number of nitrogens with one attached hydrogen (secondary N) is 2. The van der Waals surface area contributed by atoms with E-state index in [-0.39, 0.29) is 0 Å². The summed E-state index contributed by atoms with van der Waals surface area (Å²) in [6, 6.07) is 30.8. The minimum absolute atomic E-state index is 0.312. The Morgan fingerprint density at radius 1 is 0.816 bits per heavy atom. The summed E-state index contributed by atoms with van der Waals surface area (Å²) in [6.07, 6.45) is 0.651. The van der Waals surface area contributed by atoms with Crippen molar-refractivity contribution < 1.29 is 8.42 Å². The van der Waals surface area contributed by atoms with Gasteiger partial charge in [0.25, 0.3) is 0 Å². The van der Waals surface area contributed by atoms with E-state index in [1.54, 1.807) is 16.4 Å². The number of aromatic amines is 2. The molecule has 2 aromatic heterocycles. The Labute approximate surface area is 221 Å². The molecule has 0 bridgehead atoms. The molecule has 0 fully saturated rings. The molecule has 188 valence electrons. The SMILES string of the molecule is Cc1ccc(S(=O)(=O)N2CCc3c([nH]c4ccccc34)C2c2ccc(-c3nc4ccccc4[nH]3)cc2)cc1. The minimum Gasteiger partial charge on any atom is -0.357 e. The molecule has 7 heteroatoms. The van der Waals surface area contributed by atoms with Crippen LogP contribution in [0.5, 0.6) is 0 Å². The first-order valence-corrected chi connectivity index (χ1v) is 14.2. The molecule has 6 aromatic rings. The maximum absolute atomic E-state index is 14.0. The lowest BCUT2D eigenvalue weighted by molar-refractivity contribution is 0.340. The van der Waals surface area contributed by atoms with Gasteiger partial charge in [0.1, 0.15) is 5.82 Å². The van der Waals surface area contributed by atoms with E-state index >= 15 is 0 Å². The topological polar surface area (TPSA) is 81.8 Å². The number of rotatable bonds is 4. The van der Waals surface area contributed by atoms with E-state index in [0.29, 0.717) is 17.9 Å². The third kappa shape index (κ3) is 3.66. The molecule has 0 aliphatic carbocycles.